The van der Waals surface area contributed by atoms with Gasteiger partial charge in [-0.25, -0.2) is 18.6 Å². The van der Waals surface area contributed by atoms with Gasteiger partial charge in [-0.3, -0.25) is 0 Å². The highest BCUT2D eigenvalue weighted by molar-refractivity contribution is 7.09. The maximum absolute atomic E-state index is 8.49. The zero-order valence-corrected chi connectivity index (χ0v) is 8.09. The van der Waals surface area contributed by atoms with Crippen LogP contribution in [0.3, 0.4) is 0 Å². The van der Waals surface area contributed by atoms with E-state index in [0.29, 0.717) is 0 Å². The van der Waals surface area contributed by atoms with Crippen molar-refractivity contribution in [3.05, 3.63) is 16.6 Å². The van der Waals surface area contributed by atoms with Gasteiger partial charge in [-0.1, -0.05) is 11.3 Å². The molecular formula is C5H8ClNO4S. The van der Waals surface area contributed by atoms with Gasteiger partial charge >= 0.3 is 0 Å². The molecule has 7 heteroatoms. The Hall–Kier alpha value is -0.240. The van der Waals surface area contributed by atoms with E-state index < -0.39 is 10.2 Å². The SMILES string of the molecule is Cc1scc[n+]1C.[O-][Cl+3]([O-])([O-])[O-]. The lowest BCUT2D eigenvalue weighted by Gasteiger charge is -2.17. The van der Waals surface area contributed by atoms with E-state index >= 15 is 0 Å². The molecule has 1 aromatic heterocycles. The van der Waals surface area contributed by atoms with E-state index in [1.54, 1.807) is 11.3 Å². The molecular weight excluding hydrogens is 206 g/mol. The first-order valence-corrected chi connectivity index (χ1v) is 4.93. The van der Waals surface area contributed by atoms with E-state index in [-0.39, 0.29) is 0 Å². The first kappa shape index (κ1) is 11.8. The van der Waals surface area contributed by atoms with Crippen LogP contribution in [0.4, 0.5) is 0 Å². The molecule has 0 aliphatic heterocycles. The molecule has 0 aliphatic rings. The second-order valence-corrected chi connectivity index (χ2v) is 3.77. The number of halogens is 1. The standard InChI is InChI=1S/C5H8NS.ClHO4/c1-5-6(2)3-4-7-5;2-1(3,4)5/h3-4H,1-2H3;(H,2,3,4,5)/q+1;/p-1. The molecule has 1 heterocycles. The van der Waals surface area contributed by atoms with Crippen molar-refractivity contribution in [1.29, 1.82) is 0 Å². The molecule has 0 amide bonds. The lowest BCUT2D eigenvalue weighted by atomic mass is 10.8. The smallest absolute Gasteiger partial charge is 0.222 e. The van der Waals surface area contributed by atoms with Crippen molar-refractivity contribution in [1.82, 2.24) is 0 Å². The van der Waals surface area contributed by atoms with Crippen LogP contribution in [0.15, 0.2) is 11.6 Å². The van der Waals surface area contributed by atoms with Crippen LogP contribution in [0.2, 0.25) is 0 Å². The predicted octanol–water partition coefficient (Wildman–Crippen LogP) is -3.87. The second kappa shape index (κ2) is 4.70. The average Bonchev–Trinajstić information content (AvgIpc) is 2.12. The quantitative estimate of drug-likeness (QED) is 0.412. The zero-order valence-electron chi connectivity index (χ0n) is 6.52. The Labute approximate surface area is 75.9 Å². The van der Waals surface area contributed by atoms with Gasteiger partial charge in [-0.15, -0.1) is 10.2 Å². The van der Waals surface area contributed by atoms with Crippen LogP contribution >= 0.6 is 11.3 Å². The summed E-state index contributed by atoms with van der Waals surface area (Å²) in [6.45, 7) is 2.10. The van der Waals surface area contributed by atoms with Crippen LogP contribution in [0.25, 0.3) is 0 Å². The molecule has 0 fully saturated rings. The van der Waals surface area contributed by atoms with Crippen molar-refractivity contribution in [3.63, 3.8) is 0 Å². The number of hydrogen-bond acceptors (Lipinski definition) is 5. The Morgan fingerprint density at radius 3 is 1.83 bits per heavy atom. The number of thiazole rings is 1. The summed E-state index contributed by atoms with van der Waals surface area (Å²) in [5, 5.41) is 3.43. The molecule has 12 heavy (non-hydrogen) atoms. The maximum atomic E-state index is 8.49. The van der Waals surface area contributed by atoms with Crippen molar-refractivity contribution in [2.75, 3.05) is 0 Å². The number of rotatable bonds is 0. The number of aryl methyl sites for hydroxylation is 2. The summed E-state index contributed by atoms with van der Waals surface area (Å²) in [6.07, 6.45) is 2.06. The van der Waals surface area contributed by atoms with E-state index in [1.807, 2.05) is 7.05 Å². The summed E-state index contributed by atoms with van der Waals surface area (Å²) >= 11 is 1.77. The molecule has 1 rings (SSSR count). The van der Waals surface area contributed by atoms with Gasteiger partial charge in [0.2, 0.25) is 5.01 Å². The second-order valence-electron chi connectivity index (χ2n) is 1.91. The van der Waals surface area contributed by atoms with Crippen LogP contribution in [0.5, 0.6) is 0 Å². The van der Waals surface area contributed by atoms with E-state index in [9.17, 15) is 0 Å². The summed E-state index contributed by atoms with van der Waals surface area (Å²) in [6, 6.07) is 0. The van der Waals surface area contributed by atoms with Gasteiger partial charge in [-0.05, 0) is 0 Å². The Morgan fingerprint density at radius 1 is 1.33 bits per heavy atom. The first-order chi connectivity index (χ1) is 5.30. The summed E-state index contributed by atoms with van der Waals surface area (Å²) in [5.41, 5.74) is 0. The van der Waals surface area contributed by atoms with Crippen molar-refractivity contribution >= 4 is 11.3 Å². The van der Waals surface area contributed by atoms with Crippen molar-refractivity contribution in [2.45, 2.75) is 6.92 Å². The van der Waals surface area contributed by atoms with Gasteiger partial charge in [0.1, 0.15) is 7.05 Å². The largest absolute Gasteiger partial charge is 0.233 e. The zero-order chi connectivity index (χ0) is 9.78. The molecule has 0 aliphatic carbocycles. The fourth-order valence-corrected chi connectivity index (χ4v) is 1.08. The minimum absolute atomic E-state index is 1.35. The minimum Gasteiger partial charge on any atom is -0.222 e. The molecule has 0 aromatic carbocycles. The van der Waals surface area contributed by atoms with Crippen LogP contribution < -0.4 is 23.2 Å². The van der Waals surface area contributed by atoms with Crippen LogP contribution in [0, 0.1) is 17.2 Å². The van der Waals surface area contributed by atoms with Crippen molar-refractivity contribution < 1.29 is 33.4 Å². The molecule has 0 spiro atoms. The Kier molecular flexibility index (Phi) is 4.61. The number of aromatic nitrogens is 1. The Bertz CT molecular complexity index is 211. The molecule has 0 atom stereocenters. The third-order valence-electron chi connectivity index (χ3n) is 1.02. The van der Waals surface area contributed by atoms with Gasteiger partial charge < -0.3 is 0 Å². The molecule has 5 nitrogen and oxygen atoms in total. The molecule has 0 saturated heterocycles. The highest BCUT2D eigenvalue weighted by Gasteiger charge is 1.95. The molecule has 0 N–H and O–H groups in total. The normalized spacial score (nSPS) is 10.5. The summed E-state index contributed by atoms with van der Waals surface area (Å²) in [7, 11) is -2.90. The summed E-state index contributed by atoms with van der Waals surface area (Å²) < 4.78 is 36.1. The fourth-order valence-electron chi connectivity index (χ4n) is 0.408. The molecule has 1 aromatic rings. The third-order valence-corrected chi connectivity index (χ3v) is 1.91. The Morgan fingerprint density at radius 2 is 1.75 bits per heavy atom. The van der Waals surface area contributed by atoms with Gasteiger partial charge in [0.15, 0.2) is 6.20 Å². The van der Waals surface area contributed by atoms with E-state index in [2.05, 4.69) is 23.1 Å². The number of hydrogen-bond donors (Lipinski definition) is 0. The van der Waals surface area contributed by atoms with Crippen LogP contribution in [0.1, 0.15) is 5.01 Å². The lowest BCUT2D eigenvalue weighted by Crippen LogP contribution is -2.68. The monoisotopic (exact) mass is 213 g/mol. The predicted molar refractivity (Wildman–Crippen MR) is 30.2 cm³/mol. The highest BCUT2D eigenvalue weighted by atomic mass is 35.7. The first-order valence-electron chi connectivity index (χ1n) is 2.82. The Balaban J connectivity index is 0.000000217. The maximum Gasteiger partial charge on any atom is 0.233 e. The number of nitrogens with zero attached hydrogens (tertiary/aromatic N) is 1. The fraction of sp³-hybridized carbons (Fsp3) is 0.400. The molecule has 70 valence electrons. The molecule has 0 radical (unpaired) electrons. The van der Waals surface area contributed by atoms with Crippen LogP contribution in [-0.4, -0.2) is 0 Å². The van der Waals surface area contributed by atoms with Gasteiger partial charge in [0.05, 0.1) is 5.38 Å². The van der Waals surface area contributed by atoms with Gasteiger partial charge in [0.25, 0.3) is 0 Å². The summed E-state index contributed by atoms with van der Waals surface area (Å²) in [4.78, 5) is 0. The lowest BCUT2D eigenvalue weighted by molar-refractivity contribution is -2.00. The van der Waals surface area contributed by atoms with Crippen molar-refractivity contribution in [3.8, 4) is 0 Å². The third kappa shape index (κ3) is 7.86. The van der Waals surface area contributed by atoms with E-state index in [0.717, 1.165) is 0 Å². The van der Waals surface area contributed by atoms with Crippen LogP contribution in [-0.2, 0) is 7.05 Å². The van der Waals surface area contributed by atoms with E-state index in [4.69, 9.17) is 18.6 Å². The summed E-state index contributed by atoms with van der Waals surface area (Å²) in [5.74, 6) is 0. The molecule has 0 unspecified atom stereocenters. The van der Waals surface area contributed by atoms with E-state index in [1.165, 1.54) is 5.01 Å². The highest BCUT2D eigenvalue weighted by Crippen LogP contribution is 1.95. The van der Waals surface area contributed by atoms with Gasteiger partial charge in [-0.2, -0.15) is 4.57 Å². The van der Waals surface area contributed by atoms with Gasteiger partial charge in [0, 0.05) is 6.92 Å². The topological polar surface area (TPSA) is 96.1 Å². The minimum atomic E-state index is -4.94. The molecule has 0 bridgehead atoms. The average molecular weight is 214 g/mol. The molecule has 0 saturated carbocycles. The van der Waals surface area contributed by atoms with Crippen molar-refractivity contribution in [2.24, 2.45) is 7.05 Å².